The minimum atomic E-state index is -2.63. The number of halogens is 2. The van der Waals surface area contributed by atoms with E-state index in [1.165, 1.54) is 25.7 Å². The van der Waals surface area contributed by atoms with Gasteiger partial charge in [-0.2, -0.15) is 0 Å². The van der Waals surface area contributed by atoms with E-state index in [1.807, 2.05) is 4.90 Å². The Hall–Kier alpha value is -1.40. The number of carboxylic acid groups (broad SMARTS) is 1. The molecule has 0 aromatic heterocycles. The van der Waals surface area contributed by atoms with Gasteiger partial charge in [0.25, 0.3) is 0 Å². The number of carbonyl (C=O) groups excluding carboxylic acids is 1. The number of alkyl halides is 2. The predicted molar refractivity (Wildman–Crippen MR) is 83.9 cm³/mol. The summed E-state index contributed by atoms with van der Waals surface area (Å²) in [6.45, 7) is 2.09. The van der Waals surface area contributed by atoms with E-state index in [9.17, 15) is 23.5 Å². The molecular formula is C17H26F2N2O3. The molecule has 0 aromatic carbocycles. The number of hydrogen-bond donors (Lipinski definition) is 1. The molecule has 0 radical (unpaired) electrons. The molecule has 1 N–H and O–H groups in total. The average Bonchev–Trinajstić information content (AvgIpc) is 2.98. The molecule has 136 valence electrons. The molecule has 0 unspecified atom stereocenters. The number of likely N-dealkylation sites (tertiary alicyclic amines) is 2. The molecule has 0 aromatic rings. The van der Waals surface area contributed by atoms with Crippen LogP contribution in [-0.2, 0) is 4.79 Å². The van der Waals surface area contributed by atoms with Crippen molar-refractivity contribution in [2.24, 2.45) is 17.3 Å². The Kier molecular flexibility index (Phi) is 4.97. The zero-order valence-corrected chi connectivity index (χ0v) is 13.9. The topological polar surface area (TPSA) is 60.9 Å². The lowest BCUT2D eigenvalue weighted by Crippen LogP contribution is -2.51. The van der Waals surface area contributed by atoms with Crippen LogP contribution in [0.3, 0.4) is 0 Å². The van der Waals surface area contributed by atoms with E-state index in [4.69, 9.17) is 0 Å². The highest BCUT2D eigenvalue weighted by atomic mass is 19.3. The van der Waals surface area contributed by atoms with Crippen LogP contribution >= 0.6 is 0 Å². The Morgan fingerprint density at radius 2 is 1.58 bits per heavy atom. The summed E-state index contributed by atoms with van der Waals surface area (Å²) in [5.74, 6) is 0.0379. The second kappa shape index (κ2) is 6.84. The largest absolute Gasteiger partial charge is 0.481 e. The van der Waals surface area contributed by atoms with Gasteiger partial charge in [-0.1, -0.05) is 12.8 Å². The first kappa shape index (κ1) is 17.4. The van der Waals surface area contributed by atoms with Gasteiger partial charge in [-0.3, -0.25) is 4.79 Å². The highest BCUT2D eigenvalue weighted by molar-refractivity contribution is 5.77. The monoisotopic (exact) mass is 344 g/mol. The molecule has 1 aliphatic carbocycles. The van der Waals surface area contributed by atoms with Gasteiger partial charge in [0.15, 0.2) is 0 Å². The van der Waals surface area contributed by atoms with Crippen molar-refractivity contribution in [2.75, 3.05) is 26.2 Å². The molecule has 3 rings (SSSR count). The molecule has 0 spiro atoms. The van der Waals surface area contributed by atoms with E-state index < -0.39 is 24.2 Å². The van der Waals surface area contributed by atoms with Crippen LogP contribution in [0.2, 0.25) is 0 Å². The first-order valence-corrected chi connectivity index (χ1v) is 8.97. The molecule has 5 nitrogen and oxygen atoms in total. The number of urea groups is 1. The lowest BCUT2D eigenvalue weighted by atomic mass is 9.76. The van der Waals surface area contributed by atoms with Gasteiger partial charge < -0.3 is 14.9 Å². The van der Waals surface area contributed by atoms with Crippen LogP contribution in [-0.4, -0.2) is 59.5 Å². The number of piperidine rings is 1. The molecule has 24 heavy (non-hydrogen) atoms. The number of nitrogens with zero attached hydrogens (tertiary/aromatic N) is 2. The summed E-state index contributed by atoms with van der Waals surface area (Å²) in [7, 11) is 0. The molecule has 1 saturated carbocycles. The summed E-state index contributed by atoms with van der Waals surface area (Å²) in [5, 5.41) is 9.37. The zero-order valence-electron chi connectivity index (χ0n) is 13.9. The number of carbonyl (C=O) groups is 2. The van der Waals surface area contributed by atoms with Crippen LogP contribution in [0.15, 0.2) is 0 Å². The minimum Gasteiger partial charge on any atom is -0.481 e. The average molecular weight is 344 g/mol. The molecule has 2 saturated heterocycles. The summed E-state index contributed by atoms with van der Waals surface area (Å²) in [5.41, 5.74) is -1.38. The van der Waals surface area contributed by atoms with E-state index >= 15 is 0 Å². The quantitative estimate of drug-likeness (QED) is 0.856. The van der Waals surface area contributed by atoms with Crippen molar-refractivity contribution in [1.82, 2.24) is 9.80 Å². The van der Waals surface area contributed by atoms with E-state index in [1.54, 1.807) is 4.90 Å². The highest BCUT2D eigenvalue weighted by Gasteiger charge is 2.46. The maximum atomic E-state index is 12.7. The maximum Gasteiger partial charge on any atom is 0.320 e. The lowest BCUT2D eigenvalue weighted by Gasteiger charge is -2.40. The van der Waals surface area contributed by atoms with Crippen LogP contribution in [0, 0.1) is 17.3 Å². The fraction of sp³-hybridized carbons (Fsp3) is 0.882. The van der Waals surface area contributed by atoms with Gasteiger partial charge in [-0.25, -0.2) is 13.6 Å². The maximum absolute atomic E-state index is 12.7. The van der Waals surface area contributed by atoms with Crippen molar-refractivity contribution < 1.29 is 23.5 Å². The number of carboxylic acids is 1. The SMILES string of the molecule is O=C(N1CCC(CC(F)F)(C(=O)O)CC1)N1C[C@H]2CCCC[C@H]2C1. The Morgan fingerprint density at radius 3 is 2.04 bits per heavy atom. The van der Waals surface area contributed by atoms with Crippen LogP contribution in [0.25, 0.3) is 0 Å². The summed E-state index contributed by atoms with van der Waals surface area (Å²) in [4.78, 5) is 27.7. The third kappa shape index (κ3) is 3.35. The third-order valence-electron chi connectivity index (χ3n) is 6.24. The van der Waals surface area contributed by atoms with Crippen molar-refractivity contribution >= 4 is 12.0 Å². The van der Waals surface area contributed by atoms with Crippen molar-refractivity contribution in [3.8, 4) is 0 Å². The van der Waals surface area contributed by atoms with Gasteiger partial charge >= 0.3 is 12.0 Å². The second-order valence-corrected chi connectivity index (χ2v) is 7.66. The van der Waals surface area contributed by atoms with Gasteiger partial charge in [-0.15, -0.1) is 0 Å². The molecule has 7 heteroatoms. The molecule has 2 atom stereocenters. The van der Waals surface area contributed by atoms with Gasteiger partial charge in [0.2, 0.25) is 6.43 Å². The Balaban J connectivity index is 1.58. The molecule has 2 heterocycles. The molecule has 0 bridgehead atoms. The normalized spacial score (nSPS) is 29.6. The van der Waals surface area contributed by atoms with E-state index in [-0.39, 0.29) is 32.0 Å². The summed E-state index contributed by atoms with van der Waals surface area (Å²) < 4.78 is 25.5. The summed E-state index contributed by atoms with van der Waals surface area (Å²) >= 11 is 0. The smallest absolute Gasteiger partial charge is 0.320 e. The van der Waals surface area contributed by atoms with Crippen LogP contribution in [0.5, 0.6) is 0 Å². The number of fused-ring (bicyclic) bond motifs is 1. The van der Waals surface area contributed by atoms with Crippen molar-refractivity contribution in [1.29, 1.82) is 0 Å². The molecular weight excluding hydrogens is 318 g/mol. The molecule has 2 aliphatic heterocycles. The highest BCUT2D eigenvalue weighted by Crippen LogP contribution is 2.39. The van der Waals surface area contributed by atoms with Crippen molar-refractivity contribution in [3.05, 3.63) is 0 Å². The third-order valence-corrected chi connectivity index (χ3v) is 6.24. The standard InChI is InChI=1S/C17H26F2N2O3/c18-14(19)9-17(15(22)23)5-7-20(8-6-17)16(24)21-10-12-3-1-2-4-13(12)11-21/h12-14H,1-11H2,(H,22,23)/t12-,13+. The van der Waals surface area contributed by atoms with E-state index in [0.717, 1.165) is 13.1 Å². The number of aliphatic carboxylic acids is 1. The van der Waals surface area contributed by atoms with Gasteiger partial charge in [-0.05, 0) is 37.5 Å². The Labute approximate surface area is 141 Å². The van der Waals surface area contributed by atoms with E-state index in [0.29, 0.717) is 11.8 Å². The Morgan fingerprint density at radius 1 is 1.04 bits per heavy atom. The Bertz CT molecular complexity index is 478. The fourth-order valence-electron chi connectivity index (χ4n) is 4.69. The zero-order chi connectivity index (χ0) is 17.3. The van der Waals surface area contributed by atoms with E-state index in [2.05, 4.69) is 0 Å². The lowest BCUT2D eigenvalue weighted by molar-refractivity contribution is -0.155. The van der Waals surface area contributed by atoms with Crippen LogP contribution in [0.4, 0.5) is 13.6 Å². The molecule has 3 fully saturated rings. The van der Waals surface area contributed by atoms with Crippen LogP contribution < -0.4 is 0 Å². The van der Waals surface area contributed by atoms with Gasteiger partial charge in [0, 0.05) is 32.6 Å². The predicted octanol–water partition coefficient (Wildman–Crippen LogP) is 3.05. The first-order valence-electron chi connectivity index (χ1n) is 8.97. The fourth-order valence-corrected chi connectivity index (χ4v) is 4.69. The van der Waals surface area contributed by atoms with Crippen molar-refractivity contribution in [2.45, 2.75) is 51.4 Å². The van der Waals surface area contributed by atoms with Crippen LogP contribution in [0.1, 0.15) is 44.9 Å². The van der Waals surface area contributed by atoms with Crippen molar-refractivity contribution in [3.63, 3.8) is 0 Å². The van der Waals surface area contributed by atoms with Gasteiger partial charge in [0.1, 0.15) is 0 Å². The number of hydrogen-bond acceptors (Lipinski definition) is 2. The van der Waals surface area contributed by atoms with Gasteiger partial charge in [0.05, 0.1) is 5.41 Å². The second-order valence-electron chi connectivity index (χ2n) is 7.66. The molecule has 3 aliphatic rings. The minimum absolute atomic E-state index is 0.0413. The summed E-state index contributed by atoms with van der Waals surface area (Å²) in [6.07, 6.45) is 1.81. The first-order chi connectivity index (χ1) is 11.4. The number of amides is 2. The summed E-state index contributed by atoms with van der Waals surface area (Å²) in [6, 6.07) is -0.0413. The number of rotatable bonds is 3. The molecule has 2 amide bonds.